The van der Waals surface area contributed by atoms with Crippen LogP contribution in [0.5, 0.6) is 0 Å². The Morgan fingerprint density at radius 1 is 0.978 bits per heavy atom. The number of hydrogen-bond donors (Lipinski definition) is 3. The number of anilines is 3. The first-order chi connectivity index (χ1) is 21.5. The summed E-state index contributed by atoms with van der Waals surface area (Å²) in [6.45, 7) is 4.70. The van der Waals surface area contributed by atoms with Crippen molar-refractivity contribution in [1.82, 2.24) is 24.4 Å². The lowest BCUT2D eigenvalue weighted by Crippen LogP contribution is -2.44. The number of aromatic amines is 1. The summed E-state index contributed by atoms with van der Waals surface area (Å²) in [5.41, 5.74) is 2.58. The summed E-state index contributed by atoms with van der Waals surface area (Å²) in [5, 5.41) is 12.5. The number of nitrogens with one attached hydrogen (secondary N) is 3. The van der Waals surface area contributed by atoms with Crippen molar-refractivity contribution in [2.45, 2.75) is 24.8 Å². The largest absolute Gasteiger partial charge is 0.438 e. The van der Waals surface area contributed by atoms with E-state index in [1.807, 2.05) is 7.05 Å². The fourth-order valence-corrected chi connectivity index (χ4v) is 6.83. The Bertz CT molecular complexity index is 1860. The van der Waals surface area contributed by atoms with Crippen molar-refractivity contribution >= 4 is 39.0 Å². The molecule has 0 spiro atoms. The number of benzene rings is 2. The van der Waals surface area contributed by atoms with E-state index in [4.69, 9.17) is 4.42 Å². The van der Waals surface area contributed by atoms with Gasteiger partial charge in [-0.15, -0.1) is 0 Å². The van der Waals surface area contributed by atoms with Crippen molar-refractivity contribution in [3.8, 4) is 0 Å². The number of halogens is 2. The van der Waals surface area contributed by atoms with Crippen LogP contribution >= 0.6 is 0 Å². The molecule has 2 aromatic carbocycles. The van der Waals surface area contributed by atoms with Crippen LogP contribution in [0.4, 0.5) is 26.0 Å². The number of hydrogen-bond acceptors (Lipinski definition) is 9. The zero-order chi connectivity index (χ0) is 31.9. The number of rotatable bonds is 7. The summed E-state index contributed by atoms with van der Waals surface area (Å²) in [6, 6.07) is 7.22. The van der Waals surface area contributed by atoms with Crippen LogP contribution in [0.1, 0.15) is 37.9 Å². The molecule has 0 saturated carbocycles. The van der Waals surface area contributed by atoms with Gasteiger partial charge >= 0.3 is 0 Å². The number of amides is 2. The van der Waals surface area contributed by atoms with Crippen LogP contribution in [0.25, 0.3) is 0 Å². The molecule has 236 valence electrons. The predicted molar refractivity (Wildman–Crippen MR) is 160 cm³/mol. The van der Waals surface area contributed by atoms with Crippen LogP contribution in [-0.4, -0.2) is 84.4 Å². The monoisotopic (exact) mass is 640 g/mol. The van der Waals surface area contributed by atoms with E-state index >= 15 is 0 Å². The third-order valence-corrected chi connectivity index (χ3v) is 9.74. The first kappa shape index (κ1) is 30.4. The average molecular weight is 641 g/mol. The van der Waals surface area contributed by atoms with E-state index in [-0.39, 0.29) is 42.3 Å². The molecule has 16 heteroatoms. The quantitative estimate of drug-likeness (QED) is 0.276. The van der Waals surface area contributed by atoms with Gasteiger partial charge in [0.15, 0.2) is 12.2 Å². The molecule has 0 atom stereocenters. The highest BCUT2D eigenvalue weighted by Crippen LogP contribution is 2.31. The molecule has 0 aliphatic carbocycles. The van der Waals surface area contributed by atoms with Gasteiger partial charge in [-0.25, -0.2) is 22.2 Å². The first-order valence-corrected chi connectivity index (χ1v) is 15.6. The van der Waals surface area contributed by atoms with Crippen molar-refractivity contribution in [2.24, 2.45) is 0 Å². The normalized spacial score (nSPS) is 16.0. The van der Waals surface area contributed by atoms with E-state index in [1.54, 1.807) is 25.1 Å². The highest BCUT2D eigenvalue weighted by Gasteiger charge is 2.32. The fourth-order valence-electron chi connectivity index (χ4n) is 5.37. The number of carbonyl (C=O) groups is 2. The average Bonchev–Trinajstić information content (AvgIpc) is 3.62. The van der Waals surface area contributed by atoms with Crippen molar-refractivity contribution < 1.29 is 31.2 Å². The minimum atomic E-state index is -4.26. The topological polar surface area (TPSA) is 157 Å². The number of nitrogens with zero attached hydrogens (tertiary/aromatic N) is 5. The molecule has 2 aromatic heterocycles. The van der Waals surface area contributed by atoms with E-state index in [9.17, 15) is 26.8 Å². The standard InChI is InChI=1S/C29H30F2N8O5S/c1-17-26(44-16-32-17)29(41)33-25-14-20(38-9-7-37(2)8-10-38)3-4-22(25)28(40)34-27-23-15-39(6-5-24(23)35-36-27)45(42,43)21-12-18(30)11-19(31)13-21/h3-4,11-14,16H,5-10,15H2,1-2H3,(H,33,41)(H2,34,35,36,40). The number of H-pyrrole nitrogens is 1. The Morgan fingerprint density at radius 3 is 2.40 bits per heavy atom. The summed E-state index contributed by atoms with van der Waals surface area (Å²) in [4.78, 5) is 34.6. The van der Waals surface area contributed by atoms with Crippen LogP contribution in [0.2, 0.25) is 0 Å². The lowest BCUT2D eigenvalue weighted by atomic mass is 10.1. The van der Waals surface area contributed by atoms with Crippen LogP contribution in [-0.2, 0) is 23.0 Å². The SMILES string of the molecule is Cc1ncoc1C(=O)Nc1cc(N2CCN(C)CC2)ccc1C(=O)Nc1n[nH]c2c1CN(S(=O)(=O)c1cc(F)cc(F)c1)CC2. The highest BCUT2D eigenvalue weighted by atomic mass is 32.2. The van der Waals surface area contributed by atoms with Crippen molar-refractivity contribution in [2.75, 3.05) is 55.3 Å². The molecule has 1 fully saturated rings. The maximum Gasteiger partial charge on any atom is 0.293 e. The molecule has 13 nitrogen and oxygen atoms in total. The number of carbonyl (C=O) groups excluding carboxylic acids is 2. The van der Waals surface area contributed by atoms with Gasteiger partial charge in [-0.1, -0.05) is 0 Å². The predicted octanol–water partition coefficient (Wildman–Crippen LogP) is 2.99. The summed E-state index contributed by atoms with van der Waals surface area (Å²) in [5.74, 6) is -3.11. The number of likely N-dealkylation sites (N-methyl/N-ethyl adjacent to an activating group) is 1. The second kappa shape index (κ2) is 12.0. The van der Waals surface area contributed by atoms with Crippen LogP contribution in [0.15, 0.2) is 52.1 Å². The third kappa shape index (κ3) is 6.16. The maximum atomic E-state index is 13.8. The summed E-state index contributed by atoms with van der Waals surface area (Å²) in [7, 11) is -2.22. The Hall–Kier alpha value is -4.67. The smallest absolute Gasteiger partial charge is 0.293 e. The second-order valence-electron chi connectivity index (χ2n) is 10.9. The molecule has 2 amide bonds. The van der Waals surface area contributed by atoms with Crippen LogP contribution in [0, 0.1) is 18.6 Å². The Morgan fingerprint density at radius 2 is 1.71 bits per heavy atom. The molecule has 4 aromatic rings. The molecule has 0 unspecified atom stereocenters. The Kier molecular flexibility index (Phi) is 8.11. The maximum absolute atomic E-state index is 13.8. The van der Waals surface area contributed by atoms with Gasteiger partial charge < -0.3 is 24.9 Å². The Balaban J connectivity index is 1.27. The molecular formula is C29H30F2N8O5S. The highest BCUT2D eigenvalue weighted by molar-refractivity contribution is 7.89. The zero-order valence-corrected chi connectivity index (χ0v) is 25.2. The molecule has 45 heavy (non-hydrogen) atoms. The first-order valence-electron chi connectivity index (χ1n) is 14.1. The minimum Gasteiger partial charge on any atom is -0.438 e. The molecule has 1 saturated heterocycles. The van der Waals surface area contributed by atoms with Crippen molar-refractivity contribution in [3.63, 3.8) is 0 Å². The summed E-state index contributed by atoms with van der Waals surface area (Å²) in [6.07, 6.45) is 1.39. The summed E-state index contributed by atoms with van der Waals surface area (Å²) >= 11 is 0. The van der Waals surface area contributed by atoms with E-state index < -0.39 is 38.4 Å². The van der Waals surface area contributed by atoms with E-state index in [0.717, 1.165) is 54.7 Å². The van der Waals surface area contributed by atoms with Gasteiger partial charge in [0.05, 0.1) is 21.8 Å². The van der Waals surface area contributed by atoms with Crippen LogP contribution in [0.3, 0.4) is 0 Å². The zero-order valence-electron chi connectivity index (χ0n) is 24.4. The fraction of sp³-hybridized carbons (Fsp3) is 0.310. The van der Waals surface area contributed by atoms with E-state index in [1.165, 1.54) is 0 Å². The lowest BCUT2D eigenvalue weighted by Gasteiger charge is -2.34. The molecule has 3 N–H and O–H groups in total. The van der Waals surface area contributed by atoms with Gasteiger partial charge in [0.25, 0.3) is 11.8 Å². The van der Waals surface area contributed by atoms with Gasteiger partial charge in [-0.05, 0) is 44.3 Å². The van der Waals surface area contributed by atoms with Gasteiger partial charge in [-0.2, -0.15) is 9.40 Å². The molecule has 2 aliphatic heterocycles. The molecule has 4 heterocycles. The number of sulfonamides is 1. The Labute approximate surface area is 257 Å². The number of aromatic nitrogens is 3. The second-order valence-corrected chi connectivity index (χ2v) is 12.9. The molecular weight excluding hydrogens is 610 g/mol. The van der Waals surface area contributed by atoms with Gasteiger partial charge in [0.2, 0.25) is 15.8 Å². The van der Waals surface area contributed by atoms with E-state index in [0.29, 0.717) is 23.0 Å². The molecule has 2 aliphatic rings. The van der Waals surface area contributed by atoms with E-state index in [2.05, 4.69) is 35.6 Å². The van der Waals surface area contributed by atoms with Crippen molar-refractivity contribution in [1.29, 1.82) is 0 Å². The molecule has 0 radical (unpaired) electrons. The van der Waals surface area contributed by atoms with Crippen LogP contribution < -0.4 is 15.5 Å². The number of fused-ring (bicyclic) bond motifs is 1. The summed E-state index contributed by atoms with van der Waals surface area (Å²) < 4.78 is 60.4. The number of oxazole rings is 1. The van der Waals surface area contributed by atoms with Crippen molar-refractivity contribution in [3.05, 3.63) is 82.7 Å². The lowest BCUT2D eigenvalue weighted by molar-refractivity contribution is 0.0996. The minimum absolute atomic E-state index is 0.00667. The molecule has 6 rings (SSSR count). The molecule has 0 bridgehead atoms. The number of aryl methyl sites for hydroxylation is 1. The number of piperazine rings is 1. The van der Waals surface area contributed by atoms with Gasteiger partial charge in [0.1, 0.15) is 11.6 Å². The third-order valence-electron chi connectivity index (χ3n) is 7.92. The van der Waals surface area contributed by atoms with Gasteiger partial charge in [-0.3, -0.25) is 14.7 Å². The van der Waals surface area contributed by atoms with Gasteiger partial charge in [0, 0.05) is 68.7 Å².